The van der Waals surface area contributed by atoms with Gasteiger partial charge in [0.2, 0.25) is 5.76 Å². The number of carboxylic acids is 1. The molecule has 0 spiro atoms. The summed E-state index contributed by atoms with van der Waals surface area (Å²) in [5, 5.41) is 7.98. The van der Waals surface area contributed by atoms with Crippen molar-refractivity contribution in [2.24, 2.45) is 0 Å². The summed E-state index contributed by atoms with van der Waals surface area (Å²) in [5.41, 5.74) is 0. The Kier molecular flexibility index (Phi) is 12.5. The second kappa shape index (κ2) is 7.84. The number of hydrogen-bond donors (Lipinski definition) is 3. The minimum atomic E-state index is -4.76. The molecule has 12 heavy (non-hydrogen) atoms. The summed E-state index contributed by atoms with van der Waals surface area (Å²) in [6.45, 7) is 2.73. The van der Waals surface area contributed by atoms with Crippen molar-refractivity contribution in [1.82, 2.24) is 0 Å². The van der Waals surface area contributed by atoms with Crippen molar-refractivity contribution in [2.45, 2.75) is 0 Å². The molecule has 0 rings (SSSR count). The number of rotatable bonds is 3. The maximum absolute atomic E-state index is 9.89. The fourth-order valence-electron chi connectivity index (χ4n) is 0.183. The Hall–Kier alpha value is 1.47. The molecule has 1 radical (unpaired) electrons. The van der Waals surface area contributed by atoms with Crippen LogP contribution in [-0.2, 0) is 36.3 Å². The van der Waals surface area contributed by atoms with Crippen molar-refractivity contribution >= 4 is 62.7 Å². The van der Waals surface area contributed by atoms with Crippen molar-refractivity contribution in [2.75, 3.05) is 0 Å². The third kappa shape index (κ3) is 11.5. The van der Waals surface area contributed by atoms with Crippen LogP contribution in [-0.4, -0.2) is 69.7 Å². The quantitative estimate of drug-likeness (QED) is 0.245. The molecule has 0 fully saturated rings. The Bertz CT molecular complexity index is 211. The van der Waals surface area contributed by atoms with Gasteiger partial charge in [0, 0.05) is 22.4 Å². The molecule has 0 aliphatic rings. The van der Waals surface area contributed by atoms with Gasteiger partial charge in [-0.15, -0.1) is 0 Å². The molecule has 0 aliphatic carbocycles. The zero-order valence-corrected chi connectivity index (χ0v) is 12.5. The van der Waals surface area contributed by atoms with E-state index < -0.39 is 19.6 Å². The first-order valence-corrected chi connectivity index (χ1v) is 3.53. The summed E-state index contributed by atoms with van der Waals surface area (Å²) in [7, 11) is -4.76. The van der Waals surface area contributed by atoms with Gasteiger partial charge in [0.1, 0.15) is 0 Å². The molecule has 3 N–H and O–H groups in total. The molecule has 0 aromatic carbocycles. The Morgan fingerprint density at radius 1 is 1.42 bits per heavy atom. The molecule has 6 nitrogen and oxygen atoms in total. The summed E-state index contributed by atoms with van der Waals surface area (Å²) in [6.07, 6.45) is 0. The largest absolute Gasteiger partial charge is 2.00 e. The van der Waals surface area contributed by atoms with Gasteiger partial charge in [-0.1, -0.05) is 0 Å². The first-order chi connectivity index (χ1) is 4.33. The van der Waals surface area contributed by atoms with Crippen molar-refractivity contribution in [3.8, 4) is 0 Å². The van der Waals surface area contributed by atoms with E-state index in [1.807, 2.05) is 0 Å². The van der Waals surface area contributed by atoms with Crippen LogP contribution in [0.5, 0.6) is 0 Å². The molecule has 0 heterocycles. The van der Waals surface area contributed by atoms with Crippen LogP contribution in [0, 0.1) is 0 Å². The minimum Gasteiger partial charge on any atom is -0.475 e. The van der Waals surface area contributed by atoms with Gasteiger partial charge in [0.25, 0.3) is 0 Å². The van der Waals surface area contributed by atoms with Gasteiger partial charge in [-0.2, -0.15) is 0 Å². The van der Waals surface area contributed by atoms with Crippen molar-refractivity contribution in [3.05, 3.63) is 12.3 Å². The van der Waals surface area contributed by atoms with Crippen molar-refractivity contribution < 1.29 is 51.2 Å². The third-order valence-electron chi connectivity index (χ3n) is 0.468. The molecule has 9 heteroatoms. The van der Waals surface area contributed by atoms with E-state index in [-0.39, 0.29) is 71.3 Å². The minimum absolute atomic E-state index is 0. The van der Waals surface area contributed by atoms with E-state index in [4.69, 9.17) is 14.9 Å². The number of aliphatic carboxylic acids is 1. The Morgan fingerprint density at radius 3 is 1.83 bits per heavy atom. The summed E-state index contributed by atoms with van der Waals surface area (Å²) in [4.78, 5) is 25.8. The fraction of sp³-hybridized carbons (Fsp3) is 0. The van der Waals surface area contributed by atoms with Crippen LogP contribution in [0.1, 0.15) is 0 Å². The number of carbonyl (C=O) groups is 1. The number of phosphoric ester groups is 1. The summed E-state index contributed by atoms with van der Waals surface area (Å²) in [6, 6.07) is 0. The van der Waals surface area contributed by atoms with E-state index in [9.17, 15) is 9.36 Å². The van der Waals surface area contributed by atoms with E-state index in [1.165, 1.54) is 0 Å². The topological polar surface area (TPSA) is 104 Å². The van der Waals surface area contributed by atoms with Gasteiger partial charge < -0.3 is 9.63 Å². The normalized spacial score (nSPS) is 8.83. The Labute approximate surface area is 124 Å². The second-order valence-electron chi connectivity index (χ2n) is 1.31. The van der Waals surface area contributed by atoms with Gasteiger partial charge in [-0.3, -0.25) is 9.79 Å². The first-order valence-electron chi connectivity index (χ1n) is 2.00. The summed E-state index contributed by atoms with van der Waals surface area (Å²) in [5.74, 6) is -2.59. The van der Waals surface area contributed by atoms with Crippen LogP contribution < -0.4 is 0 Å². The number of phosphoric acid groups is 1. The molecule has 0 amide bonds. The molecule has 0 atom stereocenters. The van der Waals surface area contributed by atoms with Crippen molar-refractivity contribution in [1.29, 1.82) is 0 Å². The molecule has 0 aliphatic heterocycles. The molecule has 0 saturated heterocycles. The summed E-state index contributed by atoms with van der Waals surface area (Å²) >= 11 is 0. The van der Waals surface area contributed by atoms with Crippen LogP contribution in [0.4, 0.5) is 0 Å². The zero-order valence-electron chi connectivity index (χ0n) is 5.73. The molecule has 69 valence electrons. The van der Waals surface area contributed by atoms with Crippen LogP contribution in [0.2, 0.25) is 0 Å². The second-order valence-corrected chi connectivity index (χ2v) is 2.47. The maximum Gasteiger partial charge on any atom is 2.00 e. The molecular weight excluding hydrogens is 408 g/mol. The maximum atomic E-state index is 9.89. The van der Waals surface area contributed by atoms with E-state index in [0.717, 1.165) is 0 Å². The summed E-state index contributed by atoms with van der Waals surface area (Å²) < 4.78 is 13.5. The van der Waals surface area contributed by atoms with Crippen LogP contribution in [0.25, 0.3) is 0 Å². The first kappa shape index (κ1) is 19.1. The third-order valence-corrected chi connectivity index (χ3v) is 0.926. The Balaban J connectivity index is -0.000000405. The average Bonchev–Trinajstić information content (AvgIpc) is 1.60. The van der Waals surface area contributed by atoms with Gasteiger partial charge >= 0.3 is 62.7 Å². The van der Waals surface area contributed by atoms with Gasteiger partial charge in [-0.25, -0.2) is 9.36 Å². The van der Waals surface area contributed by atoms with Crippen LogP contribution in [0.15, 0.2) is 12.3 Å². The Morgan fingerprint density at radius 2 is 1.75 bits per heavy atom. The van der Waals surface area contributed by atoms with Crippen LogP contribution >= 0.6 is 7.82 Å². The SMILES string of the molecule is C=C(OP(=O)(O)O)C(=O)O.[Ag].[Ba+2]. The predicted octanol–water partition coefficient (Wildman–Crippen LogP) is -0.689. The smallest absolute Gasteiger partial charge is 0.475 e. The van der Waals surface area contributed by atoms with E-state index in [2.05, 4.69) is 11.1 Å². The molecule has 0 aromatic heterocycles. The molecular formula is C3H5AgBaO6P+2. The average molecular weight is 413 g/mol. The van der Waals surface area contributed by atoms with E-state index >= 15 is 0 Å². The van der Waals surface area contributed by atoms with Gasteiger partial charge in [0.15, 0.2) is 0 Å². The predicted molar refractivity (Wildman–Crippen MR) is 35.7 cm³/mol. The van der Waals surface area contributed by atoms with E-state index in [1.54, 1.807) is 0 Å². The molecule has 0 saturated carbocycles. The van der Waals surface area contributed by atoms with Gasteiger partial charge in [0.05, 0.1) is 0 Å². The standard InChI is InChI=1S/C3H5O6P.Ag.Ba/c1-2(3(4)5)9-10(6,7)8;;/h1H2,(H,4,5)(H2,6,7,8);;/q;;+2. The monoisotopic (exact) mass is 413 g/mol. The van der Waals surface area contributed by atoms with Crippen molar-refractivity contribution in [3.63, 3.8) is 0 Å². The number of carboxylic acid groups (broad SMARTS) is 1. The molecule has 0 unspecified atom stereocenters. The fourth-order valence-corrected chi connectivity index (χ4v) is 0.548. The van der Waals surface area contributed by atoms with E-state index in [0.29, 0.717) is 0 Å². The number of hydrogen-bond acceptors (Lipinski definition) is 3. The molecule has 0 aromatic rings. The van der Waals surface area contributed by atoms with Crippen LogP contribution in [0.3, 0.4) is 0 Å². The van der Waals surface area contributed by atoms with Gasteiger partial charge in [-0.05, 0) is 6.58 Å². The zero-order chi connectivity index (χ0) is 8.36. The molecule has 0 bridgehead atoms.